The molecule has 198 valence electrons. The molecule has 1 N–H and O–H groups in total. The Morgan fingerprint density at radius 3 is 2.21 bits per heavy atom. The number of fused-ring (bicyclic) bond motifs is 3. The second-order valence-corrected chi connectivity index (χ2v) is 12.6. The number of aromatic nitrogens is 2. The van der Waals surface area contributed by atoms with Crippen molar-refractivity contribution in [2.24, 2.45) is 0 Å². The van der Waals surface area contributed by atoms with Crippen molar-refractivity contribution in [1.29, 1.82) is 0 Å². The molecule has 7 heteroatoms. The number of hydrogen-bond acceptors (Lipinski definition) is 4. The fraction of sp³-hybridized carbons (Fsp3) is 0.387. The third-order valence-electron chi connectivity index (χ3n) is 8.58. The lowest BCUT2D eigenvalue weighted by atomic mass is 9.93. The molecule has 3 heterocycles. The van der Waals surface area contributed by atoms with Crippen molar-refractivity contribution in [3.63, 3.8) is 0 Å². The van der Waals surface area contributed by atoms with E-state index in [0.29, 0.717) is 29.6 Å². The van der Waals surface area contributed by atoms with Crippen molar-refractivity contribution >= 4 is 21.1 Å². The number of piperidine rings is 1. The van der Waals surface area contributed by atoms with Gasteiger partial charge in [-0.15, -0.1) is 0 Å². The molecule has 3 aromatic carbocycles. The zero-order valence-corrected chi connectivity index (χ0v) is 22.7. The Bertz CT molecular complexity index is 1470. The van der Waals surface area contributed by atoms with Gasteiger partial charge in [0.1, 0.15) is 5.82 Å². The van der Waals surface area contributed by atoms with E-state index in [4.69, 9.17) is 4.98 Å². The lowest BCUT2D eigenvalue weighted by molar-refractivity contribution is 0.104. The third-order valence-corrected chi connectivity index (χ3v) is 10.0. The fourth-order valence-corrected chi connectivity index (χ4v) is 7.86. The van der Waals surface area contributed by atoms with Gasteiger partial charge in [-0.25, -0.2) is 18.1 Å². The molecule has 0 radical (unpaired) electrons. The monoisotopic (exact) mass is 528 g/mol. The molecule has 2 bridgehead atoms. The number of rotatable bonds is 9. The largest absolute Gasteiger partial charge is 0.325 e. The van der Waals surface area contributed by atoms with Crippen LogP contribution in [0.5, 0.6) is 0 Å². The van der Waals surface area contributed by atoms with Crippen molar-refractivity contribution in [1.82, 2.24) is 19.2 Å². The summed E-state index contributed by atoms with van der Waals surface area (Å²) in [7, 11) is -3.54. The van der Waals surface area contributed by atoms with E-state index in [1.807, 2.05) is 24.3 Å². The summed E-state index contributed by atoms with van der Waals surface area (Å²) < 4.78 is 31.2. The minimum Gasteiger partial charge on any atom is -0.325 e. The Morgan fingerprint density at radius 1 is 0.868 bits per heavy atom. The molecule has 6 rings (SSSR count). The highest BCUT2D eigenvalue weighted by atomic mass is 32.2. The molecular formula is C31H36N4O2S. The number of benzene rings is 3. The van der Waals surface area contributed by atoms with Crippen molar-refractivity contribution in [3.8, 4) is 0 Å². The van der Waals surface area contributed by atoms with Crippen LogP contribution >= 0.6 is 0 Å². The van der Waals surface area contributed by atoms with Gasteiger partial charge in [0.2, 0.25) is 10.0 Å². The van der Waals surface area contributed by atoms with E-state index in [9.17, 15) is 8.42 Å². The van der Waals surface area contributed by atoms with E-state index in [1.54, 1.807) is 24.3 Å². The molecule has 2 aliphatic heterocycles. The minimum atomic E-state index is -3.54. The van der Waals surface area contributed by atoms with Crippen LogP contribution in [-0.2, 0) is 10.0 Å². The number of para-hydroxylation sites is 2. The first-order valence-electron chi connectivity index (χ1n) is 13.8. The standard InChI is InChI=1S/C31H36N4O2S/c1-23-33-30-14-8-9-15-31(30)35(23)28-20-26-16-17-27(21-28)34(26)19-18-25(24-10-4-2-5-11-24)22-32-38(36,37)29-12-6-3-7-13-29/h2-15,25-28,32H,16-22H2,1H3. The van der Waals surface area contributed by atoms with Gasteiger partial charge in [-0.1, -0.05) is 60.7 Å². The molecule has 0 amide bonds. The summed E-state index contributed by atoms with van der Waals surface area (Å²) in [5.41, 5.74) is 3.52. The van der Waals surface area contributed by atoms with E-state index < -0.39 is 10.0 Å². The number of nitrogens with one attached hydrogen (secondary N) is 1. The third kappa shape index (κ3) is 5.03. The smallest absolute Gasteiger partial charge is 0.240 e. The van der Waals surface area contributed by atoms with Gasteiger partial charge in [-0.2, -0.15) is 0 Å². The SMILES string of the molecule is Cc1nc2ccccc2n1C1CC2CCC(C1)N2CCC(CNS(=O)(=O)c1ccccc1)c1ccccc1. The van der Waals surface area contributed by atoms with Crippen LogP contribution in [0.25, 0.3) is 11.0 Å². The van der Waals surface area contributed by atoms with E-state index in [0.717, 1.165) is 37.1 Å². The van der Waals surface area contributed by atoms with Crippen LogP contribution in [0.2, 0.25) is 0 Å². The maximum Gasteiger partial charge on any atom is 0.240 e. The molecule has 0 spiro atoms. The first-order valence-corrected chi connectivity index (χ1v) is 15.3. The summed E-state index contributed by atoms with van der Waals surface area (Å²) in [5.74, 6) is 1.23. The van der Waals surface area contributed by atoms with Crippen LogP contribution in [0.4, 0.5) is 0 Å². The first kappa shape index (κ1) is 25.3. The summed E-state index contributed by atoms with van der Waals surface area (Å²) in [6, 6.07) is 29.1. The normalized spacial score (nSPS) is 22.6. The van der Waals surface area contributed by atoms with E-state index in [2.05, 4.69) is 57.5 Å². The number of hydrogen-bond donors (Lipinski definition) is 1. The van der Waals surface area contributed by atoms with Gasteiger partial charge in [0.15, 0.2) is 0 Å². The molecule has 4 aromatic rings. The van der Waals surface area contributed by atoms with Crippen molar-refractivity contribution < 1.29 is 8.42 Å². The molecule has 0 saturated carbocycles. The van der Waals surface area contributed by atoms with Crippen molar-refractivity contribution in [2.75, 3.05) is 13.1 Å². The second kappa shape index (κ2) is 10.6. The summed E-state index contributed by atoms with van der Waals surface area (Å²) in [4.78, 5) is 7.86. The minimum absolute atomic E-state index is 0.117. The van der Waals surface area contributed by atoms with Crippen LogP contribution < -0.4 is 4.72 Å². The molecule has 0 aliphatic carbocycles. The van der Waals surface area contributed by atoms with E-state index in [-0.39, 0.29) is 5.92 Å². The van der Waals surface area contributed by atoms with Crippen molar-refractivity contribution in [2.45, 2.75) is 68.0 Å². The van der Waals surface area contributed by atoms with Gasteiger partial charge in [0, 0.05) is 24.7 Å². The van der Waals surface area contributed by atoms with Gasteiger partial charge in [-0.05, 0) is 81.3 Å². The summed E-state index contributed by atoms with van der Waals surface area (Å²) in [5, 5.41) is 0. The van der Waals surface area contributed by atoms with E-state index >= 15 is 0 Å². The van der Waals surface area contributed by atoms with Crippen LogP contribution in [0.15, 0.2) is 89.8 Å². The van der Waals surface area contributed by atoms with Crippen LogP contribution in [-0.4, -0.2) is 48.0 Å². The number of sulfonamides is 1. The lowest BCUT2D eigenvalue weighted by Gasteiger charge is -2.40. The Balaban J connectivity index is 1.15. The Hall–Kier alpha value is -3.00. The maximum atomic E-state index is 12.9. The quantitative estimate of drug-likeness (QED) is 0.304. The molecular weight excluding hydrogens is 492 g/mol. The molecule has 3 atom stereocenters. The average Bonchev–Trinajstić information content (AvgIpc) is 3.40. The zero-order valence-electron chi connectivity index (χ0n) is 21.9. The number of aryl methyl sites for hydroxylation is 1. The first-order chi connectivity index (χ1) is 18.5. The fourth-order valence-electron chi connectivity index (χ4n) is 6.76. The lowest BCUT2D eigenvalue weighted by Crippen LogP contribution is -2.44. The molecule has 6 nitrogen and oxygen atoms in total. The molecule has 1 aromatic heterocycles. The highest BCUT2D eigenvalue weighted by Gasteiger charge is 2.41. The molecule has 2 aliphatic rings. The Morgan fingerprint density at radius 2 is 1.50 bits per heavy atom. The van der Waals surface area contributed by atoms with Gasteiger partial charge in [0.25, 0.3) is 0 Å². The zero-order chi connectivity index (χ0) is 26.1. The predicted molar refractivity (Wildman–Crippen MR) is 152 cm³/mol. The number of nitrogens with zero attached hydrogens (tertiary/aromatic N) is 3. The maximum absolute atomic E-state index is 12.9. The van der Waals surface area contributed by atoms with Crippen molar-refractivity contribution in [3.05, 3.63) is 96.3 Å². The van der Waals surface area contributed by atoms with Gasteiger partial charge < -0.3 is 4.57 Å². The average molecular weight is 529 g/mol. The number of imidazole rings is 1. The van der Waals surface area contributed by atoms with Gasteiger partial charge in [-0.3, -0.25) is 4.90 Å². The second-order valence-electron chi connectivity index (χ2n) is 10.8. The molecule has 2 fully saturated rings. The highest BCUT2D eigenvalue weighted by molar-refractivity contribution is 7.89. The van der Waals surface area contributed by atoms with Crippen LogP contribution in [0.3, 0.4) is 0 Å². The predicted octanol–water partition coefficient (Wildman–Crippen LogP) is 5.67. The molecule has 2 saturated heterocycles. The topological polar surface area (TPSA) is 67.2 Å². The molecule has 38 heavy (non-hydrogen) atoms. The highest BCUT2D eigenvalue weighted by Crippen LogP contribution is 2.42. The Labute approximate surface area is 225 Å². The van der Waals surface area contributed by atoms with Gasteiger partial charge >= 0.3 is 0 Å². The van der Waals surface area contributed by atoms with E-state index in [1.165, 1.54) is 23.9 Å². The van der Waals surface area contributed by atoms with Crippen LogP contribution in [0.1, 0.15) is 55.5 Å². The van der Waals surface area contributed by atoms with Crippen LogP contribution in [0, 0.1) is 6.92 Å². The summed E-state index contributed by atoms with van der Waals surface area (Å²) >= 11 is 0. The van der Waals surface area contributed by atoms with Gasteiger partial charge in [0.05, 0.1) is 15.9 Å². The summed E-state index contributed by atoms with van der Waals surface area (Å²) in [6.45, 7) is 3.51. The summed E-state index contributed by atoms with van der Waals surface area (Å²) in [6.07, 6.45) is 5.70. The molecule has 3 unspecified atom stereocenters. The Kier molecular flexibility index (Phi) is 7.08.